The van der Waals surface area contributed by atoms with E-state index in [1.807, 2.05) is 54.6 Å². The molecular formula is C53H37NO. The summed E-state index contributed by atoms with van der Waals surface area (Å²) in [6.45, 7) is 4.54. The smallest absolute Gasteiger partial charge is 0.143 e. The van der Waals surface area contributed by atoms with Crippen LogP contribution in [0.4, 0.5) is 17.1 Å². The molecule has 1 aliphatic rings. The number of rotatable bonds is 5. The Morgan fingerprint density at radius 1 is 0.455 bits per heavy atom. The summed E-state index contributed by atoms with van der Waals surface area (Å²) in [5.74, 6) is 0. The molecule has 0 radical (unpaired) electrons. The molecule has 0 atom stereocenters. The van der Waals surface area contributed by atoms with Crippen LogP contribution in [0.1, 0.15) is 31.8 Å². The molecule has 11 rings (SSSR count). The molecule has 0 N–H and O–H groups in total. The highest BCUT2D eigenvalue weighted by atomic mass is 16.3. The van der Waals surface area contributed by atoms with Crippen molar-refractivity contribution in [1.82, 2.24) is 0 Å². The molecule has 0 aliphatic heterocycles. The van der Waals surface area contributed by atoms with Crippen LogP contribution in [-0.4, -0.2) is 0 Å². The van der Waals surface area contributed by atoms with Gasteiger partial charge in [0.25, 0.3) is 0 Å². The zero-order valence-corrected chi connectivity index (χ0v) is 30.4. The van der Waals surface area contributed by atoms with Gasteiger partial charge < -0.3 is 9.32 Å². The highest BCUT2D eigenvalue weighted by Crippen LogP contribution is 2.52. The van der Waals surface area contributed by atoms with Crippen LogP contribution >= 0.6 is 0 Å². The van der Waals surface area contributed by atoms with Crippen LogP contribution in [-0.2, 0) is 5.41 Å². The highest BCUT2D eigenvalue weighted by molar-refractivity contribution is 6.32. The zero-order valence-electron chi connectivity index (χ0n) is 35.4. The van der Waals surface area contributed by atoms with Gasteiger partial charge in [0.2, 0.25) is 0 Å². The second kappa shape index (κ2) is 12.1. The molecule has 0 saturated heterocycles. The molecule has 10 aromatic rings. The fraction of sp³-hybridized carbons (Fsp3) is 0.0566. The van der Waals surface area contributed by atoms with Gasteiger partial charge in [0.1, 0.15) is 11.2 Å². The maximum atomic E-state index is 9.29. The van der Waals surface area contributed by atoms with E-state index in [0.717, 1.165) is 55.1 Å². The van der Waals surface area contributed by atoms with Crippen molar-refractivity contribution in [2.45, 2.75) is 19.3 Å². The number of benzene rings is 9. The number of hydrogen-bond donors (Lipinski definition) is 0. The molecule has 0 amide bonds. The first-order valence-electron chi connectivity index (χ1n) is 21.2. The SMILES string of the molecule is [2H]c1c([2H])c([2H])c(-c2cc(N(c3ccc(-c4ccccc4)cc3)c3ccc4c(c3)C(C)(C)c3ccccc3-4)cc3oc4c5ccccc5c5ccccc5c4c23)c([2H])c1[2H]. The topological polar surface area (TPSA) is 16.4 Å². The Balaban J connectivity index is 1.25. The number of furan rings is 1. The van der Waals surface area contributed by atoms with Gasteiger partial charge >= 0.3 is 0 Å². The average Bonchev–Trinajstić information content (AvgIpc) is 3.78. The Kier molecular flexibility index (Phi) is 5.88. The third kappa shape index (κ3) is 4.81. The van der Waals surface area contributed by atoms with E-state index in [1.54, 1.807) is 0 Å². The summed E-state index contributed by atoms with van der Waals surface area (Å²) < 4.78 is 51.6. The van der Waals surface area contributed by atoms with Gasteiger partial charge in [0.05, 0.1) is 12.5 Å². The summed E-state index contributed by atoms with van der Waals surface area (Å²) in [7, 11) is 0. The third-order valence-corrected chi connectivity index (χ3v) is 11.5. The van der Waals surface area contributed by atoms with Gasteiger partial charge in [0.15, 0.2) is 0 Å². The molecule has 0 fully saturated rings. The minimum Gasteiger partial charge on any atom is -0.455 e. The van der Waals surface area contributed by atoms with Gasteiger partial charge in [-0.1, -0.05) is 165 Å². The number of nitrogens with zero attached hydrogens (tertiary/aromatic N) is 1. The second-order valence-electron chi connectivity index (χ2n) is 14.9. The Bertz CT molecular complexity index is 3380. The summed E-state index contributed by atoms with van der Waals surface area (Å²) in [5.41, 5.74) is 11.2. The molecule has 0 spiro atoms. The van der Waals surface area contributed by atoms with Crippen molar-refractivity contribution in [2.75, 3.05) is 4.90 Å². The molecule has 0 unspecified atom stereocenters. The fourth-order valence-corrected chi connectivity index (χ4v) is 8.94. The van der Waals surface area contributed by atoms with Crippen LogP contribution in [0.25, 0.3) is 76.9 Å². The van der Waals surface area contributed by atoms with Gasteiger partial charge in [-0.15, -0.1) is 0 Å². The lowest BCUT2D eigenvalue weighted by Crippen LogP contribution is -2.16. The minimum atomic E-state index is -0.434. The van der Waals surface area contributed by atoms with Crippen molar-refractivity contribution >= 4 is 60.5 Å². The molecule has 55 heavy (non-hydrogen) atoms. The maximum absolute atomic E-state index is 9.29. The summed E-state index contributed by atoms with van der Waals surface area (Å²) >= 11 is 0. The predicted molar refractivity (Wildman–Crippen MR) is 232 cm³/mol. The lowest BCUT2D eigenvalue weighted by Gasteiger charge is -2.28. The fourth-order valence-electron chi connectivity index (χ4n) is 8.94. The van der Waals surface area contributed by atoms with E-state index in [4.69, 9.17) is 8.53 Å². The maximum Gasteiger partial charge on any atom is 0.143 e. The molecule has 1 aliphatic carbocycles. The number of fused-ring (bicyclic) bond motifs is 11. The van der Waals surface area contributed by atoms with Crippen molar-refractivity contribution in [1.29, 1.82) is 0 Å². The van der Waals surface area contributed by atoms with Crippen molar-refractivity contribution in [3.8, 4) is 33.4 Å². The molecule has 260 valence electrons. The molecule has 0 saturated carbocycles. The normalized spacial score (nSPS) is 14.3. The second-order valence-corrected chi connectivity index (χ2v) is 14.9. The van der Waals surface area contributed by atoms with Gasteiger partial charge in [0, 0.05) is 39.0 Å². The third-order valence-electron chi connectivity index (χ3n) is 11.5. The Labute approximate surface area is 327 Å². The number of anilines is 3. The first-order chi connectivity index (χ1) is 29.1. The summed E-state index contributed by atoms with van der Waals surface area (Å²) in [5, 5.41) is 5.51. The zero-order chi connectivity index (χ0) is 41.0. The van der Waals surface area contributed by atoms with Crippen LogP contribution in [0.2, 0.25) is 0 Å². The molecule has 0 bridgehead atoms. The largest absolute Gasteiger partial charge is 0.455 e. The molecular weight excluding hydrogens is 667 g/mol. The summed E-state index contributed by atoms with van der Waals surface area (Å²) in [6.07, 6.45) is 0. The summed E-state index contributed by atoms with van der Waals surface area (Å²) in [6, 6.07) is 52.6. The monoisotopic (exact) mass is 708 g/mol. The van der Waals surface area contributed by atoms with Crippen LogP contribution in [0, 0.1) is 0 Å². The Morgan fingerprint density at radius 2 is 1.07 bits per heavy atom. The first kappa shape index (κ1) is 26.8. The predicted octanol–water partition coefficient (Wildman–Crippen LogP) is 15.0. The number of hydrogen-bond acceptors (Lipinski definition) is 2. The van der Waals surface area contributed by atoms with Crippen molar-refractivity contribution in [3.05, 3.63) is 199 Å². The van der Waals surface area contributed by atoms with E-state index in [2.05, 4.69) is 122 Å². The van der Waals surface area contributed by atoms with E-state index in [9.17, 15) is 2.74 Å². The quantitative estimate of drug-likeness (QED) is 0.166. The van der Waals surface area contributed by atoms with Crippen LogP contribution < -0.4 is 4.90 Å². The lowest BCUT2D eigenvalue weighted by molar-refractivity contribution is 0.660. The molecule has 2 heteroatoms. The molecule has 1 heterocycles. The van der Waals surface area contributed by atoms with Gasteiger partial charge in [-0.3, -0.25) is 0 Å². The van der Waals surface area contributed by atoms with Crippen molar-refractivity contribution in [2.24, 2.45) is 0 Å². The van der Waals surface area contributed by atoms with E-state index >= 15 is 0 Å². The average molecular weight is 709 g/mol. The summed E-state index contributed by atoms with van der Waals surface area (Å²) in [4.78, 5) is 2.19. The van der Waals surface area contributed by atoms with Crippen LogP contribution in [0.3, 0.4) is 0 Å². The van der Waals surface area contributed by atoms with Gasteiger partial charge in [-0.05, 0) is 91.0 Å². The first-order valence-corrected chi connectivity index (χ1v) is 18.7. The molecule has 1 aromatic heterocycles. The van der Waals surface area contributed by atoms with E-state index in [-0.39, 0.29) is 35.1 Å². The molecule has 2 nitrogen and oxygen atoms in total. The van der Waals surface area contributed by atoms with Crippen LogP contribution in [0.5, 0.6) is 0 Å². The Hall–Kier alpha value is -6.90. The van der Waals surface area contributed by atoms with E-state index in [1.165, 1.54) is 22.3 Å². The van der Waals surface area contributed by atoms with Crippen LogP contribution in [0.15, 0.2) is 192 Å². The van der Waals surface area contributed by atoms with Gasteiger partial charge in [-0.2, -0.15) is 0 Å². The Morgan fingerprint density at radius 3 is 1.85 bits per heavy atom. The van der Waals surface area contributed by atoms with E-state index < -0.39 is 6.04 Å². The molecule has 9 aromatic carbocycles. The van der Waals surface area contributed by atoms with Crippen molar-refractivity contribution in [3.63, 3.8) is 0 Å². The minimum absolute atomic E-state index is 0.123. The van der Waals surface area contributed by atoms with E-state index in [0.29, 0.717) is 22.1 Å². The lowest BCUT2D eigenvalue weighted by atomic mass is 9.82. The highest BCUT2D eigenvalue weighted by Gasteiger charge is 2.36. The van der Waals surface area contributed by atoms with Gasteiger partial charge in [-0.25, -0.2) is 0 Å². The standard InChI is InChI=1S/C53H37NO/c1-53(2)47-24-14-13-21-42(47)43-30-29-38(32-48(43)53)54(37-27-25-35(26-28-37)34-15-5-3-6-16-34)39-31-46(36-17-7-4-8-18-36)50-49(33-39)55-52-45-23-12-10-20-41(45)40-19-9-11-22-44(40)51(50)52/h3-33H,1-2H3/i4D,7D,8D,17D,18D. The van der Waals surface area contributed by atoms with Crippen molar-refractivity contribution < 1.29 is 11.3 Å².